The molecule has 0 radical (unpaired) electrons. The summed E-state index contributed by atoms with van der Waals surface area (Å²) in [6, 6.07) is 13.0. The highest BCUT2D eigenvalue weighted by molar-refractivity contribution is 6.20. The number of fused-ring (bicyclic) bond motifs is 3. The summed E-state index contributed by atoms with van der Waals surface area (Å²) < 4.78 is 12.6. The molecule has 36 heavy (non-hydrogen) atoms. The zero-order valence-electron chi connectivity index (χ0n) is 21.0. The zero-order valence-corrected chi connectivity index (χ0v) is 21.0. The second kappa shape index (κ2) is 10.5. The maximum atomic E-state index is 13.5. The number of methoxy groups -OCH3 is 1. The van der Waals surface area contributed by atoms with Gasteiger partial charge in [-0.25, -0.2) is 14.8 Å². The van der Waals surface area contributed by atoms with E-state index >= 15 is 0 Å². The van der Waals surface area contributed by atoms with Crippen molar-refractivity contribution in [2.45, 2.75) is 19.9 Å². The fourth-order valence-electron chi connectivity index (χ4n) is 4.01. The number of hydrogen-bond acceptors (Lipinski definition) is 8. The van der Waals surface area contributed by atoms with E-state index in [2.05, 4.69) is 15.3 Å². The Morgan fingerprint density at radius 2 is 1.94 bits per heavy atom. The van der Waals surface area contributed by atoms with E-state index in [4.69, 9.17) is 9.47 Å². The maximum Gasteiger partial charge on any atom is 0.357 e. The molecule has 9 nitrogen and oxygen atoms in total. The summed E-state index contributed by atoms with van der Waals surface area (Å²) in [5, 5.41) is 3.93. The lowest BCUT2D eigenvalue weighted by atomic mass is 10.1. The van der Waals surface area contributed by atoms with E-state index in [-0.39, 0.29) is 24.1 Å². The molecule has 4 rings (SSSR count). The van der Waals surface area contributed by atoms with E-state index in [0.717, 1.165) is 5.56 Å². The molecule has 0 spiro atoms. The van der Waals surface area contributed by atoms with Gasteiger partial charge in [0.05, 0.1) is 36.2 Å². The summed E-state index contributed by atoms with van der Waals surface area (Å²) in [5.41, 5.74) is 2.42. The minimum atomic E-state index is -0.581. The molecule has 0 saturated carbocycles. The van der Waals surface area contributed by atoms with Gasteiger partial charge in [0.25, 0.3) is 0 Å². The molecule has 9 heteroatoms. The third-order valence-electron chi connectivity index (χ3n) is 5.68. The Bertz CT molecular complexity index is 1440. The van der Waals surface area contributed by atoms with Gasteiger partial charge in [0, 0.05) is 32.6 Å². The van der Waals surface area contributed by atoms with Gasteiger partial charge >= 0.3 is 5.97 Å². The summed E-state index contributed by atoms with van der Waals surface area (Å²) >= 11 is 0. The first kappa shape index (κ1) is 24.7. The normalized spacial score (nSPS) is 12.1. The second-order valence-corrected chi connectivity index (χ2v) is 8.41. The van der Waals surface area contributed by atoms with Crippen molar-refractivity contribution in [1.29, 1.82) is 0 Å². The Labute approximate surface area is 209 Å². The number of carbonyl (C=O) groups excluding carboxylic acids is 2. The average Bonchev–Trinajstić information content (AvgIpc) is 3.22. The number of allylic oxidation sites excluding steroid dienone is 1. The molecule has 1 N–H and O–H groups in total. The first-order valence-corrected chi connectivity index (χ1v) is 11.6. The molecule has 186 valence electrons. The van der Waals surface area contributed by atoms with E-state index in [0.29, 0.717) is 33.8 Å². The van der Waals surface area contributed by atoms with Crippen LogP contribution in [0.1, 0.15) is 46.3 Å². The molecule has 0 aliphatic rings. The monoisotopic (exact) mass is 487 g/mol. The van der Waals surface area contributed by atoms with E-state index in [1.807, 2.05) is 51.4 Å². The van der Waals surface area contributed by atoms with Crippen LogP contribution < -0.4 is 10.1 Å². The number of rotatable bonds is 9. The lowest BCUT2D eigenvalue weighted by molar-refractivity contribution is 0.0519. The molecule has 0 aliphatic heterocycles. The standard InChI is InChI=1S/C27H29N5O4/c1-6-36-26(34)19-16-20-23(21(33)13-15-31(3)4)24-22(35-5)12-14-28-25(24)32(20)27(30-19)29-17(2)18-10-8-7-9-11-18/h7-17H,6H2,1-5H3,(H,29,30)/b15-13+. The highest BCUT2D eigenvalue weighted by atomic mass is 16.5. The Morgan fingerprint density at radius 1 is 1.19 bits per heavy atom. The fraction of sp³-hybridized carbons (Fsp3) is 0.259. The van der Waals surface area contributed by atoms with Crippen molar-refractivity contribution in [3.8, 4) is 5.75 Å². The molecule has 4 aromatic rings. The van der Waals surface area contributed by atoms with Crippen LogP contribution in [0.3, 0.4) is 0 Å². The molecule has 0 fully saturated rings. The summed E-state index contributed by atoms with van der Waals surface area (Å²) in [7, 11) is 5.20. The average molecular weight is 488 g/mol. The predicted octanol–water partition coefficient (Wildman–Crippen LogP) is 4.50. The Hall–Kier alpha value is -4.40. The van der Waals surface area contributed by atoms with Gasteiger partial charge in [-0.15, -0.1) is 0 Å². The van der Waals surface area contributed by atoms with Crippen molar-refractivity contribution >= 4 is 34.3 Å². The molecule has 1 aromatic carbocycles. The van der Waals surface area contributed by atoms with Crippen LogP contribution in [0.15, 0.2) is 60.9 Å². The minimum absolute atomic E-state index is 0.0829. The van der Waals surface area contributed by atoms with Crippen LogP contribution in [0, 0.1) is 0 Å². The van der Waals surface area contributed by atoms with Crippen molar-refractivity contribution in [1.82, 2.24) is 19.3 Å². The molecule has 3 aromatic heterocycles. The highest BCUT2D eigenvalue weighted by Gasteiger charge is 2.26. The van der Waals surface area contributed by atoms with Crippen molar-refractivity contribution in [3.05, 3.63) is 77.8 Å². The summed E-state index contributed by atoms with van der Waals surface area (Å²) in [6.45, 7) is 3.92. The summed E-state index contributed by atoms with van der Waals surface area (Å²) in [5.74, 6) is 0.00624. The topological polar surface area (TPSA) is 98.1 Å². The number of ketones is 1. The van der Waals surface area contributed by atoms with Gasteiger partial charge in [-0.2, -0.15) is 0 Å². The quantitative estimate of drug-likeness (QED) is 0.209. The Morgan fingerprint density at radius 3 is 2.61 bits per heavy atom. The lowest BCUT2D eigenvalue weighted by Gasteiger charge is -2.17. The van der Waals surface area contributed by atoms with Crippen molar-refractivity contribution in [2.75, 3.05) is 33.1 Å². The van der Waals surface area contributed by atoms with Gasteiger partial charge < -0.3 is 19.7 Å². The maximum absolute atomic E-state index is 13.5. The van der Waals surface area contributed by atoms with Gasteiger partial charge in [0.15, 0.2) is 17.1 Å². The largest absolute Gasteiger partial charge is 0.496 e. The van der Waals surface area contributed by atoms with Gasteiger partial charge in [0.1, 0.15) is 5.75 Å². The van der Waals surface area contributed by atoms with E-state index < -0.39 is 5.97 Å². The fourth-order valence-corrected chi connectivity index (χ4v) is 4.01. The Balaban J connectivity index is 2.04. The molecular weight excluding hydrogens is 458 g/mol. The molecule has 1 unspecified atom stereocenters. The van der Waals surface area contributed by atoms with Crippen molar-refractivity contribution in [3.63, 3.8) is 0 Å². The number of esters is 1. The third kappa shape index (κ3) is 4.72. The van der Waals surface area contributed by atoms with E-state index in [1.54, 1.807) is 47.9 Å². The van der Waals surface area contributed by atoms with E-state index in [1.165, 1.54) is 6.08 Å². The van der Waals surface area contributed by atoms with Crippen LogP contribution in [0.2, 0.25) is 0 Å². The number of pyridine rings is 1. The molecule has 1 atom stereocenters. The number of nitrogens with one attached hydrogen (secondary N) is 1. The predicted molar refractivity (Wildman–Crippen MR) is 139 cm³/mol. The smallest absolute Gasteiger partial charge is 0.357 e. The second-order valence-electron chi connectivity index (χ2n) is 8.41. The number of ether oxygens (including phenoxy) is 2. The van der Waals surface area contributed by atoms with Crippen LogP contribution in [0.25, 0.3) is 16.6 Å². The van der Waals surface area contributed by atoms with Gasteiger partial charge in [0.2, 0.25) is 5.95 Å². The van der Waals surface area contributed by atoms with E-state index in [9.17, 15) is 9.59 Å². The highest BCUT2D eigenvalue weighted by Crippen LogP contribution is 2.36. The van der Waals surface area contributed by atoms with Crippen molar-refractivity contribution < 1.29 is 19.1 Å². The van der Waals surface area contributed by atoms with Gasteiger partial charge in [-0.3, -0.25) is 9.20 Å². The first-order chi connectivity index (χ1) is 17.3. The third-order valence-corrected chi connectivity index (χ3v) is 5.68. The van der Waals surface area contributed by atoms with Crippen LogP contribution in [-0.4, -0.2) is 58.8 Å². The lowest BCUT2D eigenvalue weighted by Crippen LogP contribution is -2.15. The van der Waals surface area contributed by atoms with Crippen LogP contribution in [-0.2, 0) is 4.74 Å². The summed E-state index contributed by atoms with van der Waals surface area (Å²) in [4.78, 5) is 37.2. The first-order valence-electron chi connectivity index (χ1n) is 11.6. The number of anilines is 1. The number of hydrogen-bond donors (Lipinski definition) is 1. The van der Waals surface area contributed by atoms with Gasteiger partial charge in [-0.05, 0) is 31.5 Å². The molecule has 0 aliphatic carbocycles. The van der Waals surface area contributed by atoms with Crippen LogP contribution in [0.5, 0.6) is 5.75 Å². The molecule has 0 saturated heterocycles. The zero-order chi connectivity index (χ0) is 25.8. The molecule has 3 heterocycles. The number of aromatic nitrogens is 3. The summed E-state index contributed by atoms with van der Waals surface area (Å²) in [6.07, 6.45) is 4.76. The number of nitrogens with zero attached hydrogens (tertiary/aromatic N) is 4. The molecule has 0 amide bonds. The molecule has 0 bridgehead atoms. The molecular formula is C27H29N5O4. The Kier molecular flexibility index (Phi) is 7.19. The minimum Gasteiger partial charge on any atom is -0.496 e. The van der Waals surface area contributed by atoms with Crippen LogP contribution >= 0.6 is 0 Å². The number of carbonyl (C=O) groups is 2. The SMILES string of the molecule is CCOC(=O)c1cc2c(C(=O)/C=C/N(C)C)c3c(OC)ccnc3n2c(NC(C)c2ccccc2)n1. The van der Waals surface area contributed by atoms with Crippen molar-refractivity contribution in [2.24, 2.45) is 0 Å². The number of benzene rings is 1. The van der Waals surface area contributed by atoms with Gasteiger partial charge in [-0.1, -0.05) is 30.3 Å². The van der Waals surface area contributed by atoms with Crippen LogP contribution in [0.4, 0.5) is 5.95 Å².